The maximum Gasteiger partial charge on any atom is 0.243 e. The lowest BCUT2D eigenvalue weighted by Gasteiger charge is -2.08. The molecule has 2 aromatic carbocycles. The summed E-state index contributed by atoms with van der Waals surface area (Å²) in [6.45, 7) is 0.500. The van der Waals surface area contributed by atoms with Gasteiger partial charge in [0.15, 0.2) is 0 Å². The number of nitrogens with zero attached hydrogens (tertiary/aromatic N) is 1. The highest BCUT2D eigenvalue weighted by Gasteiger charge is 2.02. The van der Waals surface area contributed by atoms with Crippen molar-refractivity contribution in [3.8, 4) is 22.9 Å². The maximum atomic E-state index is 10.9. The Morgan fingerprint density at radius 1 is 1.13 bits per heavy atom. The van der Waals surface area contributed by atoms with Gasteiger partial charge in [0.05, 0.1) is 18.2 Å². The van der Waals surface area contributed by atoms with Gasteiger partial charge in [-0.3, -0.25) is 10.0 Å². The standard InChI is InChI=1S/C18H18N2O3/c19-13-14-5-3-6-15(11-14)16-7-4-8-17(12-16)23-10-2-1-9-18(21)20-22/h3-8,11-12,22H,1-2,9-10H2,(H,20,21). The Labute approximate surface area is 135 Å². The van der Waals surface area contributed by atoms with Gasteiger partial charge in [-0.1, -0.05) is 24.3 Å². The highest BCUT2D eigenvalue weighted by atomic mass is 16.5. The van der Waals surface area contributed by atoms with Crippen LogP contribution in [0.1, 0.15) is 24.8 Å². The predicted octanol–water partition coefficient (Wildman–Crippen LogP) is 3.28. The molecule has 2 aromatic rings. The summed E-state index contributed by atoms with van der Waals surface area (Å²) in [5, 5.41) is 17.4. The smallest absolute Gasteiger partial charge is 0.243 e. The summed E-state index contributed by atoms with van der Waals surface area (Å²) in [5.74, 6) is 0.362. The molecule has 0 unspecified atom stereocenters. The molecule has 118 valence electrons. The predicted molar refractivity (Wildman–Crippen MR) is 85.9 cm³/mol. The van der Waals surface area contributed by atoms with E-state index < -0.39 is 0 Å². The second-order valence-electron chi connectivity index (χ2n) is 5.06. The Hall–Kier alpha value is -2.84. The topological polar surface area (TPSA) is 82.3 Å². The van der Waals surface area contributed by atoms with E-state index in [4.69, 9.17) is 15.2 Å². The first-order valence-corrected chi connectivity index (χ1v) is 7.39. The van der Waals surface area contributed by atoms with Gasteiger partial charge >= 0.3 is 0 Å². The molecule has 2 N–H and O–H groups in total. The number of carbonyl (C=O) groups excluding carboxylic acids is 1. The van der Waals surface area contributed by atoms with Crippen LogP contribution >= 0.6 is 0 Å². The van der Waals surface area contributed by atoms with Crippen molar-refractivity contribution < 1.29 is 14.7 Å². The van der Waals surface area contributed by atoms with Gasteiger partial charge in [-0.25, -0.2) is 5.48 Å². The third-order valence-electron chi connectivity index (χ3n) is 3.35. The Morgan fingerprint density at radius 2 is 1.87 bits per heavy atom. The molecule has 0 spiro atoms. The van der Waals surface area contributed by atoms with Crippen molar-refractivity contribution >= 4 is 5.91 Å². The van der Waals surface area contributed by atoms with E-state index in [1.165, 1.54) is 0 Å². The number of amides is 1. The Kier molecular flexibility index (Phi) is 6.16. The number of unbranched alkanes of at least 4 members (excludes halogenated alkanes) is 1. The average molecular weight is 310 g/mol. The summed E-state index contributed by atoms with van der Waals surface area (Å²) < 4.78 is 5.68. The molecule has 0 radical (unpaired) electrons. The van der Waals surface area contributed by atoms with Crippen LogP contribution in [0.2, 0.25) is 0 Å². The lowest BCUT2D eigenvalue weighted by molar-refractivity contribution is -0.129. The first-order chi connectivity index (χ1) is 11.2. The second-order valence-corrected chi connectivity index (χ2v) is 5.06. The van der Waals surface area contributed by atoms with Gasteiger partial charge in [0, 0.05) is 6.42 Å². The monoisotopic (exact) mass is 310 g/mol. The largest absolute Gasteiger partial charge is 0.494 e. The van der Waals surface area contributed by atoms with Gasteiger partial charge in [0.2, 0.25) is 5.91 Å². The van der Waals surface area contributed by atoms with Gasteiger partial charge in [-0.05, 0) is 48.2 Å². The van der Waals surface area contributed by atoms with E-state index in [2.05, 4.69) is 6.07 Å². The number of nitrogens with one attached hydrogen (secondary N) is 1. The van der Waals surface area contributed by atoms with Crippen molar-refractivity contribution in [3.63, 3.8) is 0 Å². The van der Waals surface area contributed by atoms with Crippen LogP contribution in [0.4, 0.5) is 0 Å². The fourth-order valence-corrected chi connectivity index (χ4v) is 2.17. The molecule has 0 heterocycles. The maximum absolute atomic E-state index is 10.9. The van der Waals surface area contributed by atoms with Crippen molar-refractivity contribution in [3.05, 3.63) is 54.1 Å². The number of ether oxygens (including phenoxy) is 1. The molecule has 0 aliphatic carbocycles. The summed E-state index contributed by atoms with van der Waals surface area (Å²) in [6, 6.07) is 17.2. The number of hydroxylamine groups is 1. The minimum atomic E-state index is -0.385. The third kappa shape index (κ3) is 5.13. The van der Waals surface area contributed by atoms with Crippen molar-refractivity contribution in [2.24, 2.45) is 0 Å². The lowest BCUT2D eigenvalue weighted by atomic mass is 10.0. The molecule has 0 aromatic heterocycles. The zero-order valence-electron chi connectivity index (χ0n) is 12.7. The summed E-state index contributed by atoms with van der Waals surface area (Å²) in [5.41, 5.74) is 4.18. The van der Waals surface area contributed by atoms with Crippen molar-refractivity contribution in [1.82, 2.24) is 5.48 Å². The van der Waals surface area contributed by atoms with Crippen LogP contribution in [0.5, 0.6) is 5.75 Å². The summed E-state index contributed by atoms with van der Waals surface area (Å²) in [6.07, 6.45) is 1.65. The Balaban J connectivity index is 1.92. The molecule has 1 amide bonds. The SMILES string of the molecule is N#Cc1cccc(-c2cccc(OCCCCC(=O)NO)c2)c1. The number of hydrogen-bond donors (Lipinski definition) is 2. The Morgan fingerprint density at radius 3 is 2.61 bits per heavy atom. The van der Waals surface area contributed by atoms with Crippen LogP contribution in [0, 0.1) is 11.3 Å². The molecule has 23 heavy (non-hydrogen) atoms. The number of rotatable bonds is 7. The number of carbonyl (C=O) groups is 1. The van der Waals surface area contributed by atoms with Gasteiger partial charge in [-0.2, -0.15) is 5.26 Å². The second kappa shape index (κ2) is 8.57. The van der Waals surface area contributed by atoms with Gasteiger partial charge in [0.1, 0.15) is 5.75 Å². The highest BCUT2D eigenvalue weighted by Crippen LogP contribution is 2.24. The van der Waals surface area contributed by atoms with Gasteiger partial charge in [0.25, 0.3) is 0 Å². The molecule has 0 atom stereocenters. The molecule has 0 bridgehead atoms. The molecule has 5 heteroatoms. The minimum absolute atomic E-state index is 0.279. The highest BCUT2D eigenvalue weighted by molar-refractivity contribution is 5.74. The summed E-state index contributed by atoms with van der Waals surface area (Å²) in [7, 11) is 0. The minimum Gasteiger partial charge on any atom is -0.494 e. The van der Waals surface area contributed by atoms with E-state index in [9.17, 15) is 4.79 Å². The van der Waals surface area contributed by atoms with Crippen LogP contribution in [0.15, 0.2) is 48.5 Å². The van der Waals surface area contributed by atoms with E-state index in [0.29, 0.717) is 18.6 Å². The number of hydrogen-bond acceptors (Lipinski definition) is 4. The molecule has 0 fully saturated rings. The molecule has 0 aliphatic heterocycles. The van der Waals surface area contributed by atoms with Crippen molar-refractivity contribution in [1.29, 1.82) is 5.26 Å². The molecular formula is C18H18N2O3. The van der Waals surface area contributed by atoms with Crippen LogP contribution in [0.25, 0.3) is 11.1 Å². The molecule has 0 aliphatic rings. The van der Waals surface area contributed by atoms with Gasteiger partial charge in [-0.15, -0.1) is 0 Å². The zero-order chi connectivity index (χ0) is 16.5. The summed E-state index contributed by atoms with van der Waals surface area (Å²) >= 11 is 0. The molecular weight excluding hydrogens is 292 g/mol. The van der Waals surface area contributed by atoms with Crippen LogP contribution in [-0.4, -0.2) is 17.7 Å². The summed E-state index contributed by atoms with van der Waals surface area (Å²) in [4.78, 5) is 10.9. The lowest BCUT2D eigenvalue weighted by Crippen LogP contribution is -2.18. The van der Waals surface area contributed by atoms with Crippen LogP contribution in [0.3, 0.4) is 0 Å². The van der Waals surface area contributed by atoms with E-state index in [-0.39, 0.29) is 12.3 Å². The van der Waals surface area contributed by atoms with E-state index in [1.54, 1.807) is 11.5 Å². The quantitative estimate of drug-likeness (QED) is 0.467. The molecule has 0 saturated carbocycles. The van der Waals surface area contributed by atoms with Crippen LogP contribution < -0.4 is 10.2 Å². The first-order valence-electron chi connectivity index (χ1n) is 7.39. The number of benzene rings is 2. The van der Waals surface area contributed by atoms with Crippen LogP contribution in [-0.2, 0) is 4.79 Å². The van der Waals surface area contributed by atoms with Crippen molar-refractivity contribution in [2.45, 2.75) is 19.3 Å². The fraction of sp³-hybridized carbons (Fsp3) is 0.222. The van der Waals surface area contributed by atoms with E-state index in [0.717, 1.165) is 23.3 Å². The average Bonchev–Trinajstić information content (AvgIpc) is 2.61. The first kappa shape index (κ1) is 16.5. The van der Waals surface area contributed by atoms with Gasteiger partial charge < -0.3 is 4.74 Å². The normalized spacial score (nSPS) is 9.91. The number of nitriles is 1. The molecule has 5 nitrogen and oxygen atoms in total. The molecule has 2 rings (SSSR count). The Bertz CT molecular complexity index is 707. The fourth-order valence-electron chi connectivity index (χ4n) is 2.17. The van der Waals surface area contributed by atoms with E-state index >= 15 is 0 Å². The molecule has 0 saturated heterocycles. The zero-order valence-corrected chi connectivity index (χ0v) is 12.7. The van der Waals surface area contributed by atoms with E-state index in [1.807, 2.05) is 42.5 Å². The third-order valence-corrected chi connectivity index (χ3v) is 3.35. The van der Waals surface area contributed by atoms with Crippen molar-refractivity contribution in [2.75, 3.05) is 6.61 Å².